The molecule has 3 nitrogen and oxygen atoms in total. The number of nitrogens with one attached hydrogen (secondary N) is 2. The minimum Gasteiger partial charge on any atom is -0.385 e. The van der Waals surface area contributed by atoms with Crippen molar-refractivity contribution in [1.29, 1.82) is 0 Å². The van der Waals surface area contributed by atoms with Gasteiger partial charge in [-0.2, -0.15) is 0 Å². The number of benzene rings is 2. The molecule has 0 aliphatic heterocycles. The molecule has 0 bridgehead atoms. The van der Waals surface area contributed by atoms with Crippen LogP contribution in [0.25, 0.3) is 0 Å². The van der Waals surface area contributed by atoms with Crippen molar-refractivity contribution < 1.29 is 4.79 Å². The van der Waals surface area contributed by atoms with Crippen LogP contribution in [-0.4, -0.2) is 19.0 Å². The van der Waals surface area contributed by atoms with Crippen LogP contribution in [0.5, 0.6) is 0 Å². The van der Waals surface area contributed by atoms with Crippen molar-refractivity contribution in [3.63, 3.8) is 0 Å². The molecule has 0 aromatic heterocycles. The highest BCUT2D eigenvalue weighted by molar-refractivity contribution is 5.94. The van der Waals surface area contributed by atoms with Gasteiger partial charge in [-0.1, -0.05) is 30.3 Å². The summed E-state index contributed by atoms with van der Waals surface area (Å²) in [6, 6.07) is 17.9. The first-order valence-electron chi connectivity index (χ1n) is 7.45. The Morgan fingerprint density at radius 2 is 1.71 bits per heavy atom. The van der Waals surface area contributed by atoms with Crippen LogP contribution in [0.15, 0.2) is 54.6 Å². The summed E-state index contributed by atoms with van der Waals surface area (Å²) in [5, 5.41) is 6.17. The fraction of sp³-hybridized carbons (Fsp3) is 0.278. The molecule has 2 aromatic rings. The molecular formula is C18H22N2O. The zero-order valence-corrected chi connectivity index (χ0v) is 12.4. The number of rotatable bonds is 7. The van der Waals surface area contributed by atoms with Crippen molar-refractivity contribution in [3.8, 4) is 0 Å². The van der Waals surface area contributed by atoms with Crippen molar-refractivity contribution >= 4 is 11.6 Å². The summed E-state index contributed by atoms with van der Waals surface area (Å²) in [5.74, 6) is -0.00823. The maximum Gasteiger partial charge on any atom is 0.251 e. The van der Waals surface area contributed by atoms with Crippen molar-refractivity contribution in [2.75, 3.05) is 18.4 Å². The van der Waals surface area contributed by atoms with Gasteiger partial charge in [0.2, 0.25) is 0 Å². The molecule has 21 heavy (non-hydrogen) atoms. The second-order valence-electron chi connectivity index (χ2n) is 4.95. The molecule has 0 heterocycles. The fourth-order valence-corrected chi connectivity index (χ4v) is 2.18. The van der Waals surface area contributed by atoms with Gasteiger partial charge in [-0.3, -0.25) is 4.79 Å². The first-order chi connectivity index (χ1) is 10.3. The van der Waals surface area contributed by atoms with Crippen molar-refractivity contribution in [2.45, 2.75) is 19.8 Å². The number of anilines is 1. The van der Waals surface area contributed by atoms with Gasteiger partial charge in [0.1, 0.15) is 0 Å². The van der Waals surface area contributed by atoms with E-state index in [0.29, 0.717) is 12.1 Å². The lowest BCUT2D eigenvalue weighted by atomic mass is 10.1. The summed E-state index contributed by atoms with van der Waals surface area (Å²) in [6.07, 6.45) is 1.94. The van der Waals surface area contributed by atoms with E-state index in [4.69, 9.17) is 0 Å². The van der Waals surface area contributed by atoms with E-state index in [9.17, 15) is 4.79 Å². The predicted octanol–water partition coefficient (Wildman–Crippen LogP) is 3.48. The molecule has 0 spiro atoms. The summed E-state index contributed by atoms with van der Waals surface area (Å²) >= 11 is 0. The Bertz CT molecular complexity index is 549. The maximum atomic E-state index is 12.0. The average Bonchev–Trinajstić information content (AvgIpc) is 2.53. The zero-order chi connectivity index (χ0) is 14.9. The Balaban J connectivity index is 1.74. The van der Waals surface area contributed by atoms with E-state index < -0.39 is 0 Å². The van der Waals surface area contributed by atoms with Gasteiger partial charge in [-0.05, 0) is 49.6 Å². The van der Waals surface area contributed by atoms with Gasteiger partial charge < -0.3 is 10.6 Å². The summed E-state index contributed by atoms with van der Waals surface area (Å²) in [7, 11) is 0. The molecule has 0 aliphatic rings. The molecule has 0 atom stereocenters. The smallest absolute Gasteiger partial charge is 0.251 e. The zero-order valence-electron chi connectivity index (χ0n) is 12.4. The highest BCUT2D eigenvalue weighted by Gasteiger charge is 2.04. The van der Waals surface area contributed by atoms with E-state index >= 15 is 0 Å². The average molecular weight is 282 g/mol. The molecule has 110 valence electrons. The summed E-state index contributed by atoms with van der Waals surface area (Å²) in [4.78, 5) is 12.0. The number of amides is 1. The molecular weight excluding hydrogens is 260 g/mol. The monoisotopic (exact) mass is 282 g/mol. The molecule has 1 amide bonds. The Labute approximate surface area is 126 Å². The lowest BCUT2D eigenvalue weighted by molar-refractivity contribution is 0.0953. The van der Waals surface area contributed by atoms with Crippen LogP contribution < -0.4 is 10.6 Å². The lowest BCUT2D eigenvalue weighted by Gasteiger charge is -2.07. The first-order valence-corrected chi connectivity index (χ1v) is 7.45. The highest BCUT2D eigenvalue weighted by Crippen LogP contribution is 2.09. The topological polar surface area (TPSA) is 41.1 Å². The molecule has 2 aromatic carbocycles. The number of aryl methyl sites for hydroxylation is 1. The molecule has 0 saturated heterocycles. The van der Waals surface area contributed by atoms with Crippen molar-refractivity contribution in [3.05, 3.63) is 65.7 Å². The molecule has 2 rings (SSSR count). The first kappa shape index (κ1) is 15.1. The molecule has 0 unspecified atom stereocenters. The fourth-order valence-electron chi connectivity index (χ4n) is 2.18. The highest BCUT2D eigenvalue weighted by atomic mass is 16.1. The Morgan fingerprint density at radius 1 is 1.00 bits per heavy atom. The van der Waals surface area contributed by atoms with E-state index in [1.807, 2.05) is 49.4 Å². The Kier molecular flexibility index (Phi) is 5.83. The standard InChI is InChI=1S/C18H22N2O/c1-2-19-17-12-10-16(11-13-17)18(21)20-14-6-9-15-7-4-3-5-8-15/h3-5,7-8,10-13,19H,2,6,9,14H2,1H3,(H,20,21). The summed E-state index contributed by atoms with van der Waals surface area (Å²) in [5.41, 5.74) is 3.05. The van der Waals surface area contributed by atoms with Gasteiger partial charge >= 0.3 is 0 Å². The molecule has 2 N–H and O–H groups in total. The third-order valence-corrected chi connectivity index (χ3v) is 3.30. The lowest BCUT2D eigenvalue weighted by Crippen LogP contribution is -2.24. The predicted molar refractivity (Wildman–Crippen MR) is 87.7 cm³/mol. The van der Waals surface area contributed by atoms with E-state index in [1.165, 1.54) is 5.56 Å². The van der Waals surface area contributed by atoms with Crippen LogP contribution in [0, 0.1) is 0 Å². The second kappa shape index (κ2) is 8.10. The van der Waals surface area contributed by atoms with E-state index in [1.54, 1.807) is 0 Å². The maximum absolute atomic E-state index is 12.0. The van der Waals surface area contributed by atoms with Crippen LogP contribution in [0.1, 0.15) is 29.3 Å². The number of hydrogen-bond donors (Lipinski definition) is 2. The number of hydrogen-bond acceptors (Lipinski definition) is 2. The van der Waals surface area contributed by atoms with Crippen LogP contribution >= 0.6 is 0 Å². The molecule has 0 radical (unpaired) electrons. The number of carbonyl (C=O) groups excluding carboxylic acids is 1. The van der Waals surface area contributed by atoms with Crippen LogP contribution in [0.2, 0.25) is 0 Å². The van der Waals surface area contributed by atoms with Gasteiger partial charge in [0, 0.05) is 24.3 Å². The van der Waals surface area contributed by atoms with Crippen molar-refractivity contribution in [2.24, 2.45) is 0 Å². The summed E-state index contributed by atoms with van der Waals surface area (Å²) < 4.78 is 0. The SMILES string of the molecule is CCNc1ccc(C(=O)NCCCc2ccccc2)cc1. The van der Waals surface area contributed by atoms with Crippen molar-refractivity contribution in [1.82, 2.24) is 5.32 Å². The minimum absolute atomic E-state index is 0.00823. The summed E-state index contributed by atoms with van der Waals surface area (Å²) in [6.45, 7) is 3.63. The molecule has 0 fully saturated rings. The number of carbonyl (C=O) groups is 1. The van der Waals surface area contributed by atoms with Crippen LogP contribution in [0.4, 0.5) is 5.69 Å². The molecule has 3 heteroatoms. The van der Waals surface area contributed by atoms with E-state index in [2.05, 4.69) is 22.8 Å². The third-order valence-electron chi connectivity index (χ3n) is 3.30. The van der Waals surface area contributed by atoms with Crippen LogP contribution in [-0.2, 0) is 6.42 Å². The third kappa shape index (κ3) is 4.95. The Morgan fingerprint density at radius 3 is 2.38 bits per heavy atom. The van der Waals surface area contributed by atoms with Crippen LogP contribution in [0.3, 0.4) is 0 Å². The van der Waals surface area contributed by atoms with Gasteiger partial charge in [0.25, 0.3) is 5.91 Å². The second-order valence-corrected chi connectivity index (χ2v) is 4.95. The van der Waals surface area contributed by atoms with E-state index in [-0.39, 0.29) is 5.91 Å². The van der Waals surface area contributed by atoms with Gasteiger partial charge in [-0.15, -0.1) is 0 Å². The largest absolute Gasteiger partial charge is 0.385 e. The normalized spacial score (nSPS) is 10.1. The van der Waals surface area contributed by atoms with Gasteiger partial charge in [-0.25, -0.2) is 0 Å². The molecule has 0 saturated carbocycles. The Hall–Kier alpha value is -2.29. The van der Waals surface area contributed by atoms with E-state index in [0.717, 1.165) is 25.1 Å². The quantitative estimate of drug-likeness (QED) is 0.763. The minimum atomic E-state index is -0.00823. The van der Waals surface area contributed by atoms with Gasteiger partial charge in [0.05, 0.1) is 0 Å². The molecule has 0 aliphatic carbocycles. The van der Waals surface area contributed by atoms with Gasteiger partial charge in [0.15, 0.2) is 0 Å².